The largest absolute Gasteiger partial charge is 0.494 e. The molecule has 0 aliphatic carbocycles. The van der Waals surface area contributed by atoms with E-state index in [9.17, 15) is 5.11 Å². The fourth-order valence-electron chi connectivity index (χ4n) is 2.89. The third kappa shape index (κ3) is 4.43. The van der Waals surface area contributed by atoms with Gasteiger partial charge in [0.15, 0.2) is 0 Å². The van der Waals surface area contributed by atoms with Gasteiger partial charge in [-0.3, -0.25) is 4.90 Å². The second kappa shape index (κ2) is 7.78. The lowest BCUT2D eigenvalue weighted by atomic mass is 9.88. The zero-order valence-corrected chi connectivity index (χ0v) is 13.2. The maximum Gasteiger partial charge on any atom is 0.119 e. The van der Waals surface area contributed by atoms with Crippen LogP contribution in [0.2, 0.25) is 0 Å². The minimum atomic E-state index is -0.795. The number of rotatable bonds is 7. The molecule has 4 nitrogen and oxygen atoms in total. The summed E-state index contributed by atoms with van der Waals surface area (Å²) in [7, 11) is 0. The van der Waals surface area contributed by atoms with Crippen LogP contribution in [-0.2, 0) is 10.3 Å². The van der Waals surface area contributed by atoms with Gasteiger partial charge in [0.2, 0.25) is 0 Å². The molecule has 0 unspecified atom stereocenters. The Morgan fingerprint density at radius 1 is 1.19 bits per heavy atom. The molecule has 2 rings (SSSR count). The summed E-state index contributed by atoms with van der Waals surface area (Å²) in [5.74, 6) is 0.853. The van der Waals surface area contributed by atoms with Gasteiger partial charge in [0, 0.05) is 19.6 Å². The van der Waals surface area contributed by atoms with E-state index in [0.29, 0.717) is 13.2 Å². The van der Waals surface area contributed by atoms with Crippen molar-refractivity contribution in [2.45, 2.75) is 32.3 Å². The molecular weight excluding hydrogens is 266 g/mol. The number of hydrogen-bond acceptors (Lipinski definition) is 4. The SMILES string of the molecule is CCC[C@](O)(CN1CCOCC1)c1ccc(OCC)cc1. The van der Waals surface area contributed by atoms with Gasteiger partial charge in [0.1, 0.15) is 11.4 Å². The highest BCUT2D eigenvalue weighted by atomic mass is 16.5. The molecule has 21 heavy (non-hydrogen) atoms. The molecule has 1 aliphatic heterocycles. The molecule has 0 spiro atoms. The van der Waals surface area contributed by atoms with E-state index in [1.54, 1.807) is 0 Å². The molecule has 4 heteroatoms. The molecule has 1 aliphatic rings. The van der Waals surface area contributed by atoms with E-state index in [1.807, 2.05) is 31.2 Å². The number of benzene rings is 1. The standard InChI is InChI=1S/C17H27NO3/c1-3-9-17(19,14-18-10-12-20-13-11-18)15-5-7-16(8-6-15)21-4-2/h5-8,19H,3-4,9-14H2,1-2H3/t17-/m0/s1. The minimum absolute atomic E-state index is 0.659. The highest BCUT2D eigenvalue weighted by Crippen LogP contribution is 2.29. The number of β-amino-alcohol motifs (C(OH)–C–C–N with tert-alkyl or cyclic N) is 1. The van der Waals surface area contributed by atoms with E-state index in [1.165, 1.54) is 0 Å². The lowest BCUT2D eigenvalue weighted by Gasteiger charge is -2.36. The normalized spacial score (nSPS) is 19.2. The quantitative estimate of drug-likeness (QED) is 0.838. The van der Waals surface area contributed by atoms with Gasteiger partial charge in [0.25, 0.3) is 0 Å². The van der Waals surface area contributed by atoms with Gasteiger partial charge < -0.3 is 14.6 Å². The molecule has 1 aromatic rings. The third-order valence-corrected chi connectivity index (χ3v) is 3.96. The van der Waals surface area contributed by atoms with Crippen LogP contribution in [0, 0.1) is 0 Å². The van der Waals surface area contributed by atoms with Crippen molar-refractivity contribution in [3.05, 3.63) is 29.8 Å². The van der Waals surface area contributed by atoms with Crippen LogP contribution in [0.4, 0.5) is 0 Å². The molecule has 0 amide bonds. The Balaban J connectivity index is 2.11. The van der Waals surface area contributed by atoms with E-state index in [4.69, 9.17) is 9.47 Å². The van der Waals surface area contributed by atoms with Gasteiger partial charge in [-0.25, -0.2) is 0 Å². The monoisotopic (exact) mass is 293 g/mol. The average Bonchev–Trinajstić information content (AvgIpc) is 2.49. The Labute approximate surface area is 127 Å². The Hall–Kier alpha value is -1.10. The van der Waals surface area contributed by atoms with Crippen molar-refractivity contribution in [1.82, 2.24) is 4.90 Å². The molecule has 0 radical (unpaired) electrons. The van der Waals surface area contributed by atoms with Gasteiger partial charge >= 0.3 is 0 Å². The fraction of sp³-hybridized carbons (Fsp3) is 0.647. The maximum absolute atomic E-state index is 11.1. The number of ether oxygens (including phenoxy) is 2. The second-order valence-corrected chi connectivity index (χ2v) is 5.63. The first-order chi connectivity index (χ1) is 10.2. The minimum Gasteiger partial charge on any atom is -0.494 e. The van der Waals surface area contributed by atoms with E-state index in [0.717, 1.165) is 50.5 Å². The van der Waals surface area contributed by atoms with Crippen molar-refractivity contribution in [3.63, 3.8) is 0 Å². The summed E-state index contributed by atoms with van der Waals surface area (Å²) in [4.78, 5) is 2.29. The Morgan fingerprint density at radius 3 is 2.43 bits per heavy atom. The summed E-state index contributed by atoms with van der Waals surface area (Å²) in [6.07, 6.45) is 1.71. The molecule has 1 fully saturated rings. The lowest BCUT2D eigenvalue weighted by molar-refractivity contribution is -0.0405. The van der Waals surface area contributed by atoms with Crippen LogP contribution < -0.4 is 4.74 Å². The molecule has 0 saturated carbocycles. The highest BCUT2D eigenvalue weighted by molar-refractivity contribution is 5.31. The number of nitrogens with zero attached hydrogens (tertiary/aromatic N) is 1. The van der Waals surface area contributed by atoms with Crippen molar-refractivity contribution < 1.29 is 14.6 Å². The lowest BCUT2D eigenvalue weighted by Crippen LogP contribution is -2.46. The average molecular weight is 293 g/mol. The van der Waals surface area contributed by atoms with Crippen molar-refractivity contribution in [3.8, 4) is 5.75 Å². The summed E-state index contributed by atoms with van der Waals surface area (Å²) >= 11 is 0. The van der Waals surface area contributed by atoms with Crippen LogP contribution >= 0.6 is 0 Å². The Kier molecular flexibility index (Phi) is 6.03. The van der Waals surface area contributed by atoms with Crippen LogP contribution in [0.25, 0.3) is 0 Å². The zero-order valence-electron chi connectivity index (χ0n) is 13.2. The van der Waals surface area contributed by atoms with E-state index >= 15 is 0 Å². The molecule has 0 aromatic heterocycles. The van der Waals surface area contributed by atoms with Crippen molar-refractivity contribution in [2.24, 2.45) is 0 Å². The molecule has 1 atom stereocenters. The zero-order chi connectivity index (χ0) is 15.1. The van der Waals surface area contributed by atoms with E-state index < -0.39 is 5.60 Å². The first-order valence-corrected chi connectivity index (χ1v) is 7.94. The summed E-state index contributed by atoms with van der Waals surface area (Å²) in [5, 5.41) is 11.1. The topological polar surface area (TPSA) is 41.9 Å². The van der Waals surface area contributed by atoms with Crippen LogP contribution in [-0.4, -0.2) is 49.5 Å². The summed E-state index contributed by atoms with van der Waals surface area (Å²) in [6.45, 7) is 8.70. The van der Waals surface area contributed by atoms with Crippen LogP contribution in [0.5, 0.6) is 5.75 Å². The first kappa shape index (κ1) is 16.3. The predicted octanol–water partition coefficient (Wildman–Crippen LogP) is 2.41. The van der Waals surface area contributed by atoms with Gasteiger partial charge in [-0.1, -0.05) is 25.5 Å². The molecular formula is C17H27NO3. The number of hydrogen-bond donors (Lipinski definition) is 1. The molecule has 1 heterocycles. The van der Waals surface area contributed by atoms with Crippen LogP contribution in [0.1, 0.15) is 32.3 Å². The molecule has 1 aromatic carbocycles. The van der Waals surface area contributed by atoms with Crippen LogP contribution in [0.3, 0.4) is 0 Å². The maximum atomic E-state index is 11.1. The van der Waals surface area contributed by atoms with Crippen molar-refractivity contribution in [1.29, 1.82) is 0 Å². The summed E-state index contributed by atoms with van der Waals surface area (Å²) < 4.78 is 10.9. The predicted molar refractivity (Wildman–Crippen MR) is 83.7 cm³/mol. The fourth-order valence-corrected chi connectivity index (χ4v) is 2.89. The molecule has 118 valence electrons. The molecule has 0 bridgehead atoms. The number of aliphatic hydroxyl groups is 1. The van der Waals surface area contributed by atoms with Crippen molar-refractivity contribution in [2.75, 3.05) is 39.5 Å². The van der Waals surface area contributed by atoms with Gasteiger partial charge in [-0.05, 0) is 31.0 Å². The Morgan fingerprint density at radius 2 is 1.86 bits per heavy atom. The van der Waals surface area contributed by atoms with Gasteiger partial charge in [-0.15, -0.1) is 0 Å². The van der Waals surface area contributed by atoms with Gasteiger partial charge in [-0.2, -0.15) is 0 Å². The van der Waals surface area contributed by atoms with Crippen LogP contribution in [0.15, 0.2) is 24.3 Å². The third-order valence-electron chi connectivity index (χ3n) is 3.96. The molecule has 1 saturated heterocycles. The Bertz CT molecular complexity index is 415. The summed E-state index contributed by atoms with van der Waals surface area (Å²) in [5.41, 5.74) is 0.177. The second-order valence-electron chi connectivity index (χ2n) is 5.63. The van der Waals surface area contributed by atoms with Gasteiger partial charge in [0.05, 0.1) is 19.8 Å². The first-order valence-electron chi connectivity index (χ1n) is 7.94. The van der Waals surface area contributed by atoms with E-state index in [2.05, 4.69) is 11.8 Å². The molecule has 1 N–H and O–H groups in total. The smallest absolute Gasteiger partial charge is 0.119 e. The number of morpholine rings is 1. The van der Waals surface area contributed by atoms with Crippen molar-refractivity contribution >= 4 is 0 Å². The van der Waals surface area contributed by atoms with E-state index in [-0.39, 0.29) is 0 Å². The summed E-state index contributed by atoms with van der Waals surface area (Å²) in [6, 6.07) is 7.86. The highest BCUT2D eigenvalue weighted by Gasteiger charge is 2.31.